The lowest BCUT2D eigenvalue weighted by molar-refractivity contribution is 0.0697. The Balaban J connectivity index is 2.61. The second-order valence-electron chi connectivity index (χ2n) is 4.32. The number of carboxylic acids is 1. The largest absolute Gasteiger partial charge is 0.478 e. The average molecular weight is 272 g/mol. The molecular formula is C15H16N2O3. The summed E-state index contributed by atoms with van der Waals surface area (Å²) >= 11 is 0. The number of aliphatic hydroxyl groups excluding tert-OH is 1. The molecule has 0 aliphatic carbocycles. The summed E-state index contributed by atoms with van der Waals surface area (Å²) in [5.74, 6) is -0.685. The first-order chi connectivity index (χ1) is 9.67. The number of rotatable bonds is 6. The lowest BCUT2D eigenvalue weighted by Gasteiger charge is -2.23. The van der Waals surface area contributed by atoms with Crippen molar-refractivity contribution in [3.8, 4) is 0 Å². The Morgan fingerprint density at radius 1 is 1.40 bits per heavy atom. The minimum absolute atomic E-state index is 0.0819. The Bertz CT molecular complexity index is 640. The molecule has 0 bridgehead atoms. The molecule has 0 fully saturated rings. The zero-order chi connectivity index (χ0) is 14.5. The summed E-state index contributed by atoms with van der Waals surface area (Å²) in [6, 6.07) is 8.94. The Hall–Kier alpha value is -2.40. The standard InChI is InChI=1S/C15H16N2O3/c1-2-7-17(8-9-18)14-12(15(19)20)10-11-5-3-4-6-13(11)16-14/h2-6,10,18H,1,7-9H2,(H,19,20). The molecule has 1 heterocycles. The van der Waals surface area contributed by atoms with Crippen LogP contribution in [0.1, 0.15) is 10.4 Å². The normalized spacial score (nSPS) is 10.4. The van der Waals surface area contributed by atoms with Crippen molar-refractivity contribution in [3.63, 3.8) is 0 Å². The number of carbonyl (C=O) groups is 1. The van der Waals surface area contributed by atoms with Crippen molar-refractivity contribution in [2.24, 2.45) is 0 Å². The molecule has 2 N–H and O–H groups in total. The molecule has 2 rings (SSSR count). The van der Waals surface area contributed by atoms with Gasteiger partial charge in [0, 0.05) is 18.5 Å². The van der Waals surface area contributed by atoms with Crippen molar-refractivity contribution < 1.29 is 15.0 Å². The van der Waals surface area contributed by atoms with Crippen molar-refractivity contribution >= 4 is 22.7 Å². The van der Waals surface area contributed by atoms with E-state index in [0.29, 0.717) is 18.9 Å². The Labute approximate surface area is 116 Å². The summed E-state index contributed by atoms with van der Waals surface area (Å²) in [5, 5.41) is 19.2. The fourth-order valence-corrected chi connectivity index (χ4v) is 2.06. The Morgan fingerprint density at radius 3 is 2.80 bits per heavy atom. The van der Waals surface area contributed by atoms with E-state index in [2.05, 4.69) is 11.6 Å². The molecule has 1 aromatic carbocycles. The third-order valence-corrected chi connectivity index (χ3v) is 2.95. The molecule has 20 heavy (non-hydrogen) atoms. The number of hydrogen-bond donors (Lipinski definition) is 2. The minimum atomic E-state index is -1.04. The van der Waals surface area contributed by atoms with Crippen molar-refractivity contribution in [2.45, 2.75) is 0 Å². The van der Waals surface area contributed by atoms with E-state index in [1.54, 1.807) is 17.0 Å². The zero-order valence-corrected chi connectivity index (χ0v) is 11.0. The van der Waals surface area contributed by atoms with Gasteiger partial charge >= 0.3 is 5.97 Å². The highest BCUT2D eigenvalue weighted by Crippen LogP contribution is 2.23. The fourth-order valence-electron chi connectivity index (χ4n) is 2.06. The minimum Gasteiger partial charge on any atom is -0.478 e. The molecule has 0 saturated heterocycles. The van der Waals surface area contributed by atoms with Crippen LogP contribution >= 0.6 is 0 Å². The van der Waals surface area contributed by atoms with Gasteiger partial charge in [-0.1, -0.05) is 24.3 Å². The van der Waals surface area contributed by atoms with Gasteiger partial charge in [-0.3, -0.25) is 0 Å². The van der Waals surface area contributed by atoms with Gasteiger partial charge in [0.05, 0.1) is 12.1 Å². The molecule has 0 amide bonds. The van der Waals surface area contributed by atoms with E-state index >= 15 is 0 Å². The predicted molar refractivity (Wildman–Crippen MR) is 78.2 cm³/mol. The van der Waals surface area contributed by atoms with Gasteiger partial charge in [0.2, 0.25) is 0 Å². The number of carboxylic acid groups (broad SMARTS) is 1. The van der Waals surface area contributed by atoms with Gasteiger partial charge in [0.25, 0.3) is 0 Å². The summed E-state index contributed by atoms with van der Waals surface area (Å²) in [5.41, 5.74) is 0.846. The second kappa shape index (κ2) is 6.16. The smallest absolute Gasteiger partial charge is 0.339 e. The highest BCUT2D eigenvalue weighted by atomic mass is 16.4. The molecule has 5 heteroatoms. The molecule has 0 spiro atoms. The molecule has 2 aromatic rings. The van der Waals surface area contributed by atoms with Gasteiger partial charge < -0.3 is 15.1 Å². The third-order valence-electron chi connectivity index (χ3n) is 2.95. The molecule has 0 unspecified atom stereocenters. The summed E-state index contributed by atoms with van der Waals surface area (Å²) in [6.45, 7) is 4.29. The molecule has 5 nitrogen and oxygen atoms in total. The highest BCUT2D eigenvalue weighted by Gasteiger charge is 2.18. The first-order valence-corrected chi connectivity index (χ1v) is 6.27. The number of aromatic nitrogens is 1. The van der Waals surface area contributed by atoms with Gasteiger partial charge in [-0.15, -0.1) is 6.58 Å². The SMILES string of the molecule is C=CCN(CCO)c1nc2ccccc2cc1C(=O)O. The van der Waals surface area contributed by atoms with Gasteiger partial charge in [-0.05, 0) is 12.1 Å². The van der Waals surface area contributed by atoms with E-state index in [1.165, 1.54) is 0 Å². The van der Waals surface area contributed by atoms with E-state index in [4.69, 9.17) is 5.11 Å². The lowest BCUT2D eigenvalue weighted by Crippen LogP contribution is -2.29. The van der Waals surface area contributed by atoms with Crippen molar-refractivity contribution in [1.29, 1.82) is 0 Å². The second-order valence-corrected chi connectivity index (χ2v) is 4.32. The van der Waals surface area contributed by atoms with E-state index < -0.39 is 5.97 Å². The zero-order valence-electron chi connectivity index (χ0n) is 11.0. The molecule has 0 aliphatic rings. The van der Waals surface area contributed by atoms with Crippen molar-refractivity contribution in [3.05, 3.63) is 48.6 Å². The topological polar surface area (TPSA) is 73.7 Å². The molecule has 0 atom stereocenters. The quantitative estimate of drug-likeness (QED) is 0.786. The fraction of sp³-hybridized carbons (Fsp3) is 0.200. The lowest BCUT2D eigenvalue weighted by atomic mass is 10.1. The first-order valence-electron chi connectivity index (χ1n) is 6.27. The van der Waals surface area contributed by atoms with Crippen molar-refractivity contribution in [1.82, 2.24) is 4.98 Å². The number of fused-ring (bicyclic) bond motifs is 1. The average Bonchev–Trinajstić information content (AvgIpc) is 2.45. The number of nitrogens with zero attached hydrogens (tertiary/aromatic N) is 2. The van der Waals surface area contributed by atoms with Crippen LogP contribution in [-0.2, 0) is 0 Å². The summed E-state index contributed by atoms with van der Waals surface area (Å²) < 4.78 is 0. The summed E-state index contributed by atoms with van der Waals surface area (Å²) in [4.78, 5) is 17.5. The van der Waals surface area contributed by atoms with Gasteiger partial charge in [-0.2, -0.15) is 0 Å². The van der Waals surface area contributed by atoms with E-state index in [1.807, 2.05) is 24.3 Å². The van der Waals surface area contributed by atoms with E-state index in [0.717, 1.165) is 10.9 Å². The van der Waals surface area contributed by atoms with Gasteiger partial charge in [-0.25, -0.2) is 9.78 Å². The number of benzene rings is 1. The van der Waals surface area contributed by atoms with Crippen LogP contribution in [0.3, 0.4) is 0 Å². The Morgan fingerprint density at radius 2 is 2.15 bits per heavy atom. The number of aromatic carboxylic acids is 1. The Kier molecular flexibility index (Phi) is 4.32. The maximum Gasteiger partial charge on any atom is 0.339 e. The monoisotopic (exact) mass is 272 g/mol. The maximum atomic E-state index is 11.4. The van der Waals surface area contributed by atoms with Gasteiger partial charge in [0.1, 0.15) is 11.4 Å². The molecule has 0 saturated carbocycles. The van der Waals surface area contributed by atoms with Crippen LogP contribution in [0.15, 0.2) is 43.0 Å². The number of para-hydroxylation sites is 1. The predicted octanol–water partition coefficient (Wildman–Crippen LogP) is 1.92. The van der Waals surface area contributed by atoms with Crippen LogP contribution < -0.4 is 4.90 Å². The van der Waals surface area contributed by atoms with Crippen LogP contribution in [0.4, 0.5) is 5.82 Å². The third kappa shape index (κ3) is 2.78. The van der Waals surface area contributed by atoms with Crippen LogP contribution in [-0.4, -0.2) is 40.9 Å². The molecule has 104 valence electrons. The molecule has 0 aliphatic heterocycles. The van der Waals surface area contributed by atoms with E-state index in [-0.39, 0.29) is 12.2 Å². The van der Waals surface area contributed by atoms with E-state index in [9.17, 15) is 9.90 Å². The number of pyridine rings is 1. The number of anilines is 1. The van der Waals surface area contributed by atoms with Crippen LogP contribution in [0.2, 0.25) is 0 Å². The van der Waals surface area contributed by atoms with Gasteiger partial charge in [0.15, 0.2) is 0 Å². The summed E-state index contributed by atoms with van der Waals surface area (Å²) in [6.07, 6.45) is 1.65. The van der Waals surface area contributed by atoms with Crippen LogP contribution in [0.5, 0.6) is 0 Å². The molecule has 0 radical (unpaired) electrons. The van der Waals surface area contributed by atoms with Crippen LogP contribution in [0, 0.1) is 0 Å². The number of aliphatic hydroxyl groups is 1. The highest BCUT2D eigenvalue weighted by molar-refractivity contribution is 5.98. The molecule has 1 aromatic heterocycles. The summed E-state index contributed by atoms with van der Waals surface area (Å²) in [7, 11) is 0. The van der Waals surface area contributed by atoms with Crippen molar-refractivity contribution in [2.75, 3.05) is 24.6 Å². The number of hydrogen-bond acceptors (Lipinski definition) is 4. The first kappa shape index (κ1) is 14.0. The van der Waals surface area contributed by atoms with Crippen LogP contribution in [0.25, 0.3) is 10.9 Å². The maximum absolute atomic E-state index is 11.4. The molecular weight excluding hydrogens is 256 g/mol.